The van der Waals surface area contributed by atoms with Crippen molar-refractivity contribution in [3.05, 3.63) is 180 Å². The molecule has 0 spiro atoms. The summed E-state index contributed by atoms with van der Waals surface area (Å²) >= 11 is 0. The number of hydrogen-bond acceptors (Lipinski definition) is 3. The summed E-state index contributed by atoms with van der Waals surface area (Å²) in [7, 11) is 0. The number of nitriles is 3. The van der Waals surface area contributed by atoms with Crippen LogP contribution in [0.15, 0.2) is 152 Å². The fourth-order valence-corrected chi connectivity index (χ4v) is 7.96. The predicted octanol–water partition coefficient (Wildman–Crippen LogP) is 12.3. The Balaban J connectivity index is 1.51. The molecule has 0 N–H and O–H groups in total. The molecule has 1 aromatic heterocycles. The third kappa shape index (κ3) is 4.75. The van der Waals surface area contributed by atoms with Gasteiger partial charge in [0.1, 0.15) is 6.07 Å². The normalized spacial score (nSPS) is 10.9. The number of para-hydroxylation sites is 2. The van der Waals surface area contributed by atoms with Gasteiger partial charge in [0.2, 0.25) is 0 Å². The average Bonchev–Trinajstić information content (AvgIpc) is 3.56. The van der Waals surface area contributed by atoms with E-state index in [1.54, 1.807) is 24.3 Å². The maximum absolute atomic E-state index is 10.8. The highest BCUT2D eigenvalue weighted by Gasteiger charge is 2.26. The van der Waals surface area contributed by atoms with Crippen LogP contribution < -0.4 is 0 Å². The Morgan fingerprint density at radius 1 is 0.453 bits per heavy atom. The molecule has 0 aliphatic carbocycles. The molecule has 242 valence electrons. The Bertz CT molecular complexity index is 3050. The Kier molecular flexibility index (Phi) is 7.28. The molecule has 0 aliphatic heterocycles. The van der Waals surface area contributed by atoms with Crippen molar-refractivity contribution in [2.45, 2.75) is 0 Å². The zero-order valence-electron chi connectivity index (χ0n) is 28.2. The van der Waals surface area contributed by atoms with Gasteiger partial charge in [-0.15, -0.1) is 0 Å². The third-order valence-electron chi connectivity index (χ3n) is 10.1. The lowest BCUT2D eigenvalue weighted by Crippen LogP contribution is -2.03. The van der Waals surface area contributed by atoms with Crippen LogP contribution in [0.25, 0.3) is 87.3 Å². The van der Waals surface area contributed by atoms with Crippen LogP contribution in [0.2, 0.25) is 0 Å². The number of rotatable bonds is 4. The van der Waals surface area contributed by atoms with Gasteiger partial charge in [0, 0.05) is 21.9 Å². The van der Waals surface area contributed by atoms with Crippen molar-refractivity contribution in [3.8, 4) is 57.3 Å². The highest BCUT2D eigenvalue weighted by molar-refractivity contribution is 6.24. The Morgan fingerprint density at radius 2 is 0.925 bits per heavy atom. The summed E-state index contributed by atoms with van der Waals surface area (Å²) in [5.74, 6) is 0. The van der Waals surface area contributed by atoms with E-state index in [4.69, 9.17) is 6.57 Å². The van der Waals surface area contributed by atoms with Gasteiger partial charge < -0.3 is 4.57 Å². The molecule has 9 rings (SSSR count). The van der Waals surface area contributed by atoms with Crippen LogP contribution in [-0.2, 0) is 0 Å². The van der Waals surface area contributed by atoms with Crippen molar-refractivity contribution < 1.29 is 0 Å². The largest absolute Gasteiger partial charge is 0.307 e. The molecule has 9 aromatic rings. The first-order valence-electron chi connectivity index (χ1n) is 17.1. The molecule has 0 unspecified atom stereocenters. The molecule has 0 saturated carbocycles. The zero-order valence-corrected chi connectivity index (χ0v) is 28.2. The second kappa shape index (κ2) is 12.4. The highest BCUT2D eigenvalue weighted by atomic mass is 15.0. The monoisotopic (exact) mass is 671 g/mol. The van der Waals surface area contributed by atoms with Gasteiger partial charge in [-0.1, -0.05) is 115 Å². The van der Waals surface area contributed by atoms with Gasteiger partial charge in [0.25, 0.3) is 0 Å². The number of nitrogens with zero attached hydrogens (tertiary/aromatic N) is 5. The summed E-state index contributed by atoms with van der Waals surface area (Å²) in [5, 5.41) is 37.4. The molecule has 0 saturated heterocycles. The second-order valence-electron chi connectivity index (χ2n) is 12.9. The number of aromatic nitrogens is 1. The third-order valence-corrected chi connectivity index (χ3v) is 10.1. The Labute approximate surface area is 305 Å². The maximum atomic E-state index is 10.8. The lowest BCUT2D eigenvalue weighted by atomic mass is 9.82. The van der Waals surface area contributed by atoms with Crippen molar-refractivity contribution in [3.63, 3.8) is 0 Å². The maximum Gasteiger partial charge on any atom is 0.196 e. The van der Waals surface area contributed by atoms with Crippen LogP contribution in [0.3, 0.4) is 0 Å². The summed E-state index contributed by atoms with van der Waals surface area (Å²) in [6.07, 6.45) is 0. The summed E-state index contributed by atoms with van der Waals surface area (Å²) < 4.78 is 2.08. The first-order chi connectivity index (χ1) is 26.1. The standard InChI is InChI=1S/C48H25N5/c1-52-42-26-31(28-50)24-40(47(42)46-38-19-7-5-17-36(38)45(32-13-3-2-4-14-32)37-18-6-8-20-39(37)46)41-25-30(27-49)23-33(29-51)48(41)53-43-21-11-9-15-34(43)35-16-10-12-22-44(35)53/h2-26H. The molecular formula is C48H25N5. The van der Waals surface area contributed by atoms with E-state index < -0.39 is 0 Å². The molecule has 0 fully saturated rings. The van der Waals surface area contributed by atoms with Gasteiger partial charge in [-0.05, 0) is 85.8 Å². The Hall–Kier alpha value is -7.96. The Morgan fingerprint density at radius 3 is 1.45 bits per heavy atom. The first-order valence-corrected chi connectivity index (χ1v) is 17.1. The minimum absolute atomic E-state index is 0.299. The van der Waals surface area contributed by atoms with Gasteiger partial charge in [-0.3, -0.25) is 0 Å². The van der Waals surface area contributed by atoms with E-state index in [1.165, 1.54) is 0 Å². The summed E-state index contributed by atoms with van der Waals surface area (Å²) in [6, 6.07) is 56.7. The molecular weight excluding hydrogens is 647 g/mol. The van der Waals surface area contributed by atoms with E-state index in [2.05, 4.69) is 76.2 Å². The number of benzene rings is 8. The zero-order chi connectivity index (χ0) is 36.1. The van der Waals surface area contributed by atoms with E-state index in [0.29, 0.717) is 44.8 Å². The smallest absolute Gasteiger partial charge is 0.196 e. The van der Waals surface area contributed by atoms with E-state index in [0.717, 1.165) is 60.0 Å². The van der Waals surface area contributed by atoms with E-state index in [9.17, 15) is 15.8 Å². The van der Waals surface area contributed by atoms with Crippen molar-refractivity contribution >= 4 is 49.0 Å². The van der Waals surface area contributed by atoms with Gasteiger partial charge in [0.05, 0.1) is 46.6 Å². The van der Waals surface area contributed by atoms with E-state index >= 15 is 0 Å². The molecule has 53 heavy (non-hydrogen) atoms. The topological polar surface area (TPSA) is 80.7 Å². The van der Waals surface area contributed by atoms with Crippen molar-refractivity contribution in [2.24, 2.45) is 0 Å². The van der Waals surface area contributed by atoms with Crippen molar-refractivity contribution in [1.29, 1.82) is 15.8 Å². The number of hydrogen-bond donors (Lipinski definition) is 0. The molecule has 0 bridgehead atoms. The molecule has 0 amide bonds. The van der Waals surface area contributed by atoms with Crippen LogP contribution >= 0.6 is 0 Å². The summed E-state index contributed by atoms with van der Waals surface area (Å²) in [5.41, 5.74) is 8.36. The molecule has 1 heterocycles. The van der Waals surface area contributed by atoms with Crippen LogP contribution in [0.5, 0.6) is 0 Å². The average molecular weight is 672 g/mol. The second-order valence-corrected chi connectivity index (χ2v) is 12.9. The van der Waals surface area contributed by atoms with Gasteiger partial charge >= 0.3 is 0 Å². The van der Waals surface area contributed by atoms with Crippen LogP contribution in [0.1, 0.15) is 16.7 Å². The molecule has 0 aliphatic rings. The summed E-state index contributed by atoms with van der Waals surface area (Å²) in [6.45, 7) is 8.53. The van der Waals surface area contributed by atoms with Crippen molar-refractivity contribution in [2.75, 3.05) is 0 Å². The predicted molar refractivity (Wildman–Crippen MR) is 213 cm³/mol. The molecule has 5 heteroatoms. The molecule has 5 nitrogen and oxygen atoms in total. The van der Waals surface area contributed by atoms with Crippen LogP contribution in [0, 0.1) is 40.6 Å². The molecule has 0 atom stereocenters. The van der Waals surface area contributed by atoms with Crippen LogP contribution in [0.4, 0.5) is 5.69 Å². The first kappa shape index (κ1) is 31.1. The minimum Gasteiger partial charge on any atom is -0.307 e. The lowest BCUT2D eigenvalue weighted by molar-refractivity contribution is 1.17. The fraction of sp³-hybridized carbons (Fsp3) is 0. The van der Waals surface area contributed by atoms with Crippen LogP contribution in [-0.4, -0.2) is 4.57 Å². The quantitative estimate of drug-likeness (QED) is 0.138. The van der Waals surface area contributed by atoms with Gasteiger partial charge in [-0.2, -0.15) is 15.8 Å². The minimum atomic E-state index is 0.299. The lowest BCUT2D eigenvalue weighted by Gasteiger charge is -2.23. The van der Waals surface area contributed by atoms with Gasteiger partial charge in [0.15, 0.2) is 5.69 Å². The summed E-state index contributed by atoms with van der Waals surface area (Å²) in [4.78, 5) is 4.08. The molecule has 0 radical (unpaired) electrons. The van der Waals surface area contributed by atoms with Gasteiger partial charge in [-0.25, -0.2) is 4.85 Å². The van der Waals surface area contributed by atoms with Crippen molar-refractivity contribution in [1.82, 2.24) is 4.57 Å². The van der Waals surface area contributed by atoms with E-state index in [-0.39, 0.29) is 0 Å². The van der Waals surface area contributed by atoms with E-state index in [1.807, 2.05) is 78.9 Å². The molecule has 8 aromatic carbocycles. The highest BCUT2D eigenvalue weighted by Crippen LogP contribution is 2.51. The fourth-order valence-electron chi connectivity index (χ4n) is 7.96. The number of fused-ring (bicyclic) bond motifs is 5. The SMILES string of the molecule is [C-]#[N+]c1cc(C#N)cc(-c2cc(C#N)cc(C#N)c2-n2c3ccccc3c3ccccc32)c1-c1c2ccccc2c(-c2ccccc2)c2ccccc12.